The average Bonchev–Trinajstić information content (AvgIpc) is 2.39. The first kappa shape index (κ1) is 16.1. The molecule has 2 rings (SSSR count). The van der Waals surface area contributed by atoms with E-state index in [0.29, 0.717) is 5.69 Å². The molecule has 1 fully saturated rings. The second kappa shape index (κ2) is 6.66. The van der Waals surface area contributed by atoms with Gasteiger partial charge < -0.3 is 11.1 Å². The van der Waals surface area contributed by atoms with Crippen LogP contribution in [0.2, 0.25) is 0 Å². The third-order valence-electron chi connectivity index (χ3n) is 4.29. The lowest BCUT2D eigenvalue weighted by atomic mass is 9.81. The van der Waals surface area contributed by atoms with Gasteiger partial charge in [0.25, 0.3) is 0 Å². The molecule has 0 heterocycles. The van der Waals surface area contributed by atoms with Gasteiger partial charge in [0.05, 0.1) is 11.4 Å². The van der Waals surface area contributed by atoms with E-state index in [2.05, 4.69) is 12.2 Å². The van der Waals surface area contributed by atoms with Gasteiger partial charge in [-0.25, -0.2) is 13.6 Å². The molecule has 1 aliphatic rings. The third kappa shape index (κ3) is 4.35. The molecule has 5 N–H and O–H groups in total. The molecule has 0 radical (unpaired) electrons. The molecule has 1 saturated carbocycles. The van der Waals surface area contributed by atoms with E-state index in [-0.39, 0.29) is 10.6 Å². The van der Waals surface area contributed by atoms with E-state index in [4.69, 9.17) is 10.9 Å². The van der Waals surface area contributed by atoms with Gasteiger partial charge in [-0.3, -0.25) is 0 Å². The first-order valence-corrected chi connectivity index (χ1v) is 9.07. The first-order chi connectivity index (χ1) is 9.88. The summed E-state index contributed by atoms with van der Waals surface area (Å²) in [7, 11) is -3.77. The number of nitrogen functional groups attached to an aromatic ring is 1. The van der Waals surface area contributed by atoms with Crippen LogP contribution in [0.15, 0.2) is 23.1 Å². The van der Waals surface area contributed by atoms with Gasteiger partial charge in [0.1, 0.15) is 4.90 Å². The molecule has 0 aromatic heterocycles. The van der Waals surface area contributed by atoms with Crippen molar-refractivity contribution in [2.75, 3.05) is 17.6 Å². The van der Waals surface area contributed by atoms with Crippen molar-refractivity contribution in [1.82, 2.24) is 0 Å². The van der Waals surface area contributed by atoms with E-state index in [1.54, 1.807) is 12.1 Å². The van der Waals surface area contributed by atoms with Gasteiger partial charge in [-0.05, 0) is 36.8 Å². The Hall–Kier alpha value is -1.27. The Kier molecular flexibility index (Phi) is 5.11. The van der Waals surface area contributed by atoms with E-state index >= 15 is 0 Å². The van der Waals surface area contributed by atoms with Crippen LogP contribution in [-0.4, -0.2) is 15.0 Å². The van der Waals surface area contributed by atoms with Crippen LogP contribution in [0.5, 0.6) is 0 Å². The second-order valence-corrected chi connectivity index (χ2v) is 7.65. The molecule has 5 nitrogen and oxygen atoms in total. The Morgan fingerprint density at radius 1 is 1.33 bits per heavy atom. The number of hydrogen-bond acceptors (Lipinski definition) is 4. The van der Waals surface area contributed by atoms with Crippen molar-refractivity contribution >= 4 is 21.4 Å². The SMILES string of the molecule is CC1CCCC(CCNc2cccc(S(N)(=O)=O)c2N)C1. The van der Waals surface area contributed by atoms with Crippen molar-refractivity contribution in [3.63, 3.8) is 0 Å². The Balaban J connectivity index is 1.95. The molecular formula is C15H25N3O2S. The Morgan fingerprint density at radius 3 is 2.76 bits per heavy atom. The Bertz CT molecular complexity index is 587. The molecule has 118 valence electrons. The largest absolute Gasteiger partial charge is 0.396 e. The van der Waals surface area contributed by atoms with E-state index in [1.807, 2.05) is 0 Å². The fourth-order valence-electron chi connectivity index (χ4n) is 3.18. The van der Waals surface area contributed by atoms with Crippen molar-refractivity contribution in [2.45, 2.75) is 43.9 Å². The summed E-state index contributed by atoms with van der Waals surface area (Å²) in [5, 5.41) is 8.39. The highest BCUT2D eigenvalue weighted by Crippen LogP contribution is 2.31. The molecule has 2 unspecified atom stereocenters. The van der Waals surface area contributed by atoms with Crippen molar-refractivity contribution in [2.24, 2.45) is 17.0 Å². The number of para-hydroxylation sites is 1. The van der Waals surface area contributed by atoms with Gasteiger partial charge in [-0.1, -0.05) is 32.3 Å². The highest BCUT2D eigenvalue weighted by Gasteiger charge is 2.19. The van der Waals surface area contributed by atoms with Crippen LogP contribution in [0.25, 0.3) is 0 Å². The van der Waals surface area contributed by atoms with Gasteiger partial charge in [0, 0.05) is 6.54 Å². The van der Waals surface area contributed by atoms with E-state index < -0.39 is 10.0 Å². The summed E-state index contributed by atoms with van der Waals surface area (Å²) >= 11 is 0. The lowest BCUT2D eigenvalue weighted by Crippen LogP contribution is -2.18. The fraction of sp³-hybridized carbons (Fsp3) is 0.600. The molecule has 1 aliphatic carbocycles. The number of anilines is 2. The lowest BCUT2D eigenvalue weighted by Gasteiger charge is -2.26. The molecule has 1 aromatic carbocycles. The monoisotopic (exact) mass is 311 g/mol. The summed E-state index contributed by atoms with van der Waals surface area (Å²) < 4.78 is 22.9. The fourth-order valence-corrected chi connectivity index (χ4v) is 3.86. The minimum atomic E-state index is -3.77. The molecule has 2 atom stereocenters. The molecule has 6 heteroatoms. The maximum absolute atomic E-state index is 11.4. The Morgan fingerprint density at radius 2 is 2.10 bits per heavy atom. The zero-order chi connectivity index (χ0) is 15.5. The van der Waals surface area contributed by atoms with Crippen molar-refractivity contribution < 1.29 is 8.42 Å². The quantitative estimate of drug-likeness (QED) is 0.728. The Labute approximate surface area is 127 Å². The predicted molar refractivity (Wildman–Crippen MR) is 86.5 cm³/mol. The summed E-state index contributed by atoms with van der Waals surface area (Å²) in [5.74, 6) is 1.57. The molecule has 0 bridgehead atoms. The summed E-state index contributed by atoms with van der Waals surface area (Å²) in [5.41, 5.74) is 6.74. The normalized spacial score (nSPS) is 23.0. The maximum atomic E-state index is 11.4. The van der Waals surface area contributed by atoms with E-state index in [1.165, 1.54) is 31.7 Å². The van der Waals surface area contributed by atoms with Crippen LogP contribution < -0.4 is 16.2 Å². The molecule has 0 aliphatic heterocycles. The van der Waals surface area contributed by atoms with Crippen LogP contribution >= 0.6 is 0 Å². The number of benzene rings is 1. The van der Waals surface area contributed by atoms with Gasteiger partial charge in [0.15, 0.2) is 0 Å². The molecule has 21 heavy (non-hydrogen) atoms. The van der Waals surface area contributed by atoms with Crippen molar-refractivity contribution in [3.05, 3.63) is 18.2 Å². The predicted octanol–water partition coefficient (Wildman–Crippen LogP) is 2.54. The summed E-state index contributed by atoms with van der Waals surface area (Å²) in [6.45, 7) is 3.11. The maximum Gasteiger partial charge on any atom is 0.240 e. The number of nitrogens with one attached hydrogen (secondary N) is 1. The van der Waals surface area contributed by atoms with Gasteiger partial charge in [-0.2, -0.15) is 0 Å². The van der Waals surface area contributed by atoms with Crippen molar-refractivity contribution in [3.8, 4) is 0 Å². The van der Waals surface area contributed by atoms with Gasteiger partial charge >= 0.3 is 0 Å². The second-order valence-electron chi connectivity index (χ2n) is 6.12. The summed E-state index contributed by atoms with van der Waals surface area (Å²) in [6.07, 6.45) is 6.32. The average molecular weight is 311 g/mol. The van der Waals surface area contributed by atoms with E-state index in [9.17, 15) is 8.42 Å². The van der Waals surface area contributed by atoms with Gasteiger partial charge in [0.2, 0.25) is 10.0 Å². The van der Waals surface area contributed by atoms with Crippen LogP contribution in [0.4, 0.5) is 11.4 Å². The minimum Gasteiger partial charge on any atom is -0.396 e. The molecule has 0 amide bonds. The number of primary sulfonamides is 1. The highest BCUT2D eigenvalue weighted by molar-refractivity contribution is 7.89. The van der Waals surface area contributed by atoms with Crippen LogP contribution in [-0.2, 0) is 10.0 Å². The highest BCUT2D eigenvalue weighted by atomic mass is 32.2. The van der Waals surface area contributed by atoms with Crippen molar-refractivity contribution in [1.29, 1.82) is 0 Å². The zero-order valence-electron chi connectivity index (χ0n) is 12.5. The van der Waals surface area contributed by atoms with E-state index in [0.717, 1.165) is 24.8 Å². The van der Waals surface area contributed by atoms with Crippen LogP contribution in [0.1, 0.15) is 39.0 Å². The summed E-state index contributed by atoms with van der Waals surface area (Å²) in [4.78, 5) is -0.0150. The lowest BCUT2D eigenvalue weighted by molar-refractivity contribution is 0.274. The number of nitrogens with two attached hydrogens (primary N) is 2. The number of rotatable bonds is 5. The zero-order valence-corrected chi connectivity index (χ0v) is 13.3. The topological polar surface area (TPSA) is 98.2 Å². The molecule has 1 aromatic rings. The smallest absolute Gasteiger partial charge is 0.240 e. The van der Waals surface area contributed by atoms with Gasteiger partial charge in [-0.15, -0.1) is 0 Å². The standard InChI is InChI=1S/C15H25N3O2S/c1-11-4-2-5-12(10-11)8-9-18-13-6-3-7-14(15(13)16)21(17,19)20/h3,6-7,11-12,18H,2,4-5,8-10,16H2,1H3,(H2,17,19,20). The summed E-state index contributed by atoms with van der Waals surface area (Å²) in [6, 6.07) is 4.87. The third-order valence-corrected chi connectivity index (χ3v) is 5.25. The van der Waals surface area contributed by atoms with Crippen LogP contribution in [0, 0.1) is 11.8 Å². The number of sulfonamides is 1. The van der Waals surface area contributed by atoms with Crippen LogP contribution in [0.3, 0.4) is 0 Å². The molecule has 0 spiro atoms. The minimum absolute atomic E-state index is 0.0150. The molecule has 0 saturated heterocycles. The first-order valence-electron chi connectivity index (χ1n) is 7.53. The number of hydrogen-bond donors (Lipinski definition) is 3. The molecular weight excluding hydrogens is 286 g/mol.